The first-order valence-electron chi connectivity index (χ1n) is 13.8. The molecule has 0 amide bonds. The Morgan fingerprint density at radius 2 is 1.95 bits per heavy atom. The topological polar surface area (TPSA) is 66.8 Å². The standard InChI is InChI=1S/C30H33ClF3NO4S/c1-27-8-7-20(36)12-23(27)24(33)13-22-21-11-18-16-35(15-17-3-5-19(31)6-4-17)39-30(18,26(38)40-10-9-32)28(21,2)14-25(37)29(22,27)34/h3-8,12,18,21-22,24-25,37H,9-11,13-16H2,1-2H3/t18-,21?,22-,24-,25-,27-,28?,29-,30-/m0/s1. The van der Waals surface area contributed by atoms with Crippen LogP contribution < -0.4 is 0 Å². The molecule has 1 aromatic rings. The molecule has 0 radical (unpaired) electrons. The van der Waals surface area contributed by atoms with Crippen LogP contribution in [-0.4, -0.2) is 63.6 Å². The third-order valence-corrected chi connectivity index (χ3v) is 11.7. The number of hydrogen-bond acceptors (Lipinski definition) is 6. The fourth-order valence-electron chi connectivity index (χ4n) is 8.79. The molecule has 1 N–H and O–H groups in total. The Labute approximate surface area is 241 Å². The Kier molecular flexibility index (Phi) is 6.90. The summed E-state index contributed by atoms with van der Waals surface area (Å²) in [5.41, 5.74) is -5.19. The predicted molar refractivity (Wildman–Crippen MR) is 147 cm³/mol. The zero-order chi connectivity index (χ0) is 28.7. The highest BCUT2D eigenvalue weighted by Crippen LogP contribution is 2.73. The normalized spacial score (nSPS) is 44.0. The number of benzene rings is 1. The van der Waals surface area contributed by atoms with Crippen molar-refractivity contribution in [3.63, 3.8) is 0 Å². The molecule has 10 heteroatoms. The van der Waals surface area contributed by atoms with Crippen molar-refractivity contribution in [3.8, 4) is 0 Å². The van der Waals surface area contributed by atoms with E-state index in [1.54, 1.807) is 24.1 Å². The molecule has 2 unspecified atom stereocenters. The highest BCUT2D eigenvalue weighted by atomic mass is 35.5. The van der Waals surface area contributed by atoms with E-state index in [4.69, 9.17) is 16.4 Å². The van der Waals surface area contributed by atoms with Gasteiger partial charge in [-0.15, -0.1) is 0 Å². The van der Waals surface area contributed by atoms with Gasteiger partial charge >= 0.3 is 0 Å². The number of hydrogen-bond donors (Lipinski definition) is 1. The van der Waals surface area contributed by atoms with E-state index in [-0.39, 0.29) is 35.2 Å². The maximum absolute atomic E-state index is 17.5. The fourth-order valence-corrected chi connectivity index (χ4v) is 9.83. The summed E-state index contributed by atoms with van der Waals surface area (Å²) >= 11 is 6.90. The minimum absolute atomic E-state index is 0.0365. The second-order valence-corrected chi connectivity index (χ2v) is 13.9. The van der Waals surface area contributed by atoms with Crippen LogP contribution in [0, 0.1) is 28.6 Å². The van der Waals surface area contributed by atoms with E-state index in [9.17, 15) is 19.1 Å². The van der Waals surface area contributed by atoms with Crippen LogP contribution in [-0.2, 0) is 21.0 Å². The Morgan fingerprint density at radius 1 is 1.23 bits per heavy atom. The number of halogens is 4. The molecule has 0 spiro atoms. The van der Waals surface area contributed by atoms with E-state index >= 15 is 8.78 Å². The van der Waals surface area contributed by atoms with Crippen molar-refractivity contribution in [3.05, 3.63) is 58.7 Å². The van der Waals surface area contributed by atoms with E-state index < -0.39 is 58.7 Å². The molecule has 40 heavy (non-hydrogen) atoms. The van der Waals surface area contributed by atoms with E-state index in [1.165, 1.54) is 18.2 Å². The summed E-state index contributed by atoms with van der Waals surface area (Å²) in [6.07, 6.45) is 0.858. The summed E-state index contributed by atoms with van der Waals surface area (Å²) in [6, 6.07) is 7.29. The average Bonchev–Trinajstić information content (AvgIpc) is 3.39. The predicted octanol–water partition coefficient (Wildman–Crippen LogP) is 5.60. The number of carbonyl (C=O) groups is 2. The molecule has 1 saturated heterocycles. The van der Waals surface area contributed by atoms with Crippen molar-refractivity contribution in [1.82, 2.24) is 5.06 Å². The number of aliphatic hydroxyl groups excluding tert-OH is 1. The van der Waals surface area contributed by atoms with Gasteiger partial charge in [0.05, 0.1) is 12.8 Å². The molecule has 1 heterocycles. The molecule has 5 nitrogen and oxygen atoms in total. The Hall–Kier alpha value is -1.65. The number of allylic oxidation sites excluding steroid dienone is 4. The van der Waals surface area contributed by atoms with Gasteiger partial charge in [-0.25, -0.2) is 8.78 Å². The summed E-state index contributed by atoms with van der Waals surface area (Å²) in [4.78, 5) is 32.6. The Morgan fingerprint density at radius 3 is 2.65 bits per heavy atom. The Bertz CT molecular complexity index is 1290. The third kappa shape index (κ3) is 3.73. The van der Waals surface area contributed by atoms with E-state index in [1.807, 2.05) is 19.1 Å². The van der Waals surface area contributed by atoms with Gasteiger partial charge < -0.3 is 5.11 Å². The number of carbonyl (C=O) groups excluding carboxylic acids is 2. The zero-order valence-corrected chi connectivity index (χ0v) is 24.0. The number of thioether (sulfide) groups is 1. The minimum Gasteiger partial charge on any atom is -0.390 e. The van der Waals surface area contributed by atoms with Crippen LogP contribution in [0.5, 0.6) is 0 Å². The van der Waals surface area contributed by atoms with Crippen molar-refractivity contribution in [2.75, 3.05) is 19.0 Å². The van der Waals surface area contributed by atoms with Crippen LogP contribution >= 0.6 is 23.4 Å². The van der Waals surface area contributed by atoms with Crippen molar-refractivity contribution in [2.45, 2.75) is 63.2 Å². The van der Waals surface area contributed by atoms with Crippen LogP contribution in [0.15, 0.2) is 48.1 Å². The molecular formula is C30H33ClF3NO4S. The van der Waals surface area contributed by atoms with Crippen molar-refractivity contribution >= 4 is 34.3 Å². The van der Waals surface area contributed by atoms with Crippen molar-refractivity contribution in [2.24, 2.45) is 28.6 Å². The summed E-state index contributed by atoms with van der Waals surface area (Å²) in [5.74, 6) is -2.17. The van der Waals surface area contributed by atoms with Crippen LogP contribution in [0.1, 0.15) is 38.7 Å². The fraction of sp³-hybridized carbons (Fsp3) is 0.600. The van der Waals surface area contributed by atoms with Crippen molar-refractivity contribution in [1.29, 1.82) is 0 Å². The lowest BCUT2D eigenvalue weighted by Crippen LogP contribution is -2.70. The van der Waals surface area contributed by atoms with Crippen LogP contribution in [0.3, 0.4) is 0 Å². The zero-order valence-electron chi connectivity index (χ0n) is 22.4. The molecule has 4 aliphatic carbocycles. The lowest BCUT2D eigenvalue weighted by atomic mass is 9.44. The number of rotatable bonds is 5. The second-order valence-electron chi connectivity index (χ2n) is 12.4. The molecule has 4 fully saturated rings. The van der Waals surface area contributed by atoms with E-state index in [0.717, 1.165) is 17.3 Å². The molecule has 5 aliphatic rings. The van der Waals surface area contributed by atoms with Gasteiger partial charge in [0.1, 0.15) is 6.17 Å². The van der Waals surface area contributed by atoms with Gasteiger partial charge in [0.25, 0.3) is 0 Å². The van der Waals surface area contributed by atoms with Gasteiger partial charge in [0.2, 0.25) is 5.12 Å². The first-order chi connectivity index (χ1) is 18.9. The summed E-state index contributed by atoms with van der Waals surface area (Å²) in [7, 11) is 0. The molecule has 1 aliphatic heterocycles. The molecule has 3 saturated carbocycles. The van der Waals surface area contributed by atoms with Crippen LogP contribution in [0.25, 0.3) is 0 Å². The highest BCUT2D eigenvalue weighted by Gasteiger charge is 2.79. The van der Waals surface area contributed by atoms with Gasteiger partial charge in [-0.3, -0.25) is 18.8 Å². The lowest BCUT2D eigenvalue weighted by molar-refractivity contribution is -0.266. The van der Waals surface area contributed by atoms with Crippen LogP contribution in [0.2, 0.25) is 5.02 Å². The van der Waals surface area contributed by atoms with Crippen molar-refractivity contribution < 1.29 is 32.7 Å². The summed E-state index contributed by atoms with van der Waals surface area (Å²) < 4.78 is 46.5. The Balaban J connectivity index is 1.39. The molecule has 216 valence electrons. The SMILES string of the molecule is CC12C[C@H](O)[C@@]3(F)[C@@H](C[C@H](F)C4=CC(=O)C=C[C@@]43C)C1C[C@H]1CN(Cc3ccc(Cl)cc3)O[C@]12C(=O)SCCF. The maximum Gasteiger partial charge on any atom is 0.223 e. The molecule has 1 aromatic carbocycles. The van der Waals surface area contributed by atoms with Gasteiger partial charge in [-0.05, 0) is 67.5 Å². The summed E-state index contributed by atoms with van der Waals surface area (Å²) in [6.45, 7) is 3.49. The lowest BCUT2D eigenvalue weighted by Gasteiger charge is -2.63. The third-order valence-electron chi connectivity index (χ3n) is 10.6. The number of hydroxylamine groups is 2. The van der Waals surface area contributed by atoms with Crippen LogP contribution in [0.4, 0.5) is 13.2 Å². The minimum atomic E-state index is -2.24. The first kappa shape index (κ1) is 28.5. The van der Waals surface area contributed by atoms with Gasteiger partial charge in [0, 0.05) is 46.5 Å². The maximum atomic E-state index is 17.5. The first-order valence-corrected chi connectivity index (χ1v) is 15.1. The molecular weight excluding hydrogens is 563 g/mol. The molecule has 0 aromatic heterocycles. The number of fused-ring (bicyclic) bond motifs is 7. The average molecular weight is 596 g/mol. The van der Waals surface area contributed by atoms with Gasteiger partial charge in [-0.1, -0.05) is 48.5 Å². The molecule has 6 rings (SSSR count). The number of ketones is 1. The largest absolute Gasteiger partial charge is 0.390 e. The molecule has 9 atom stereocenters. The molecule has 0 bridgehead atoms. The second kappa shape index (κ2) is 9.69. The number of aliphatic hydroxyl groups is 1. The van der Waals surface area contributed by atoms with E-state index in [0.29, 0.717) is 24.5 Å². The number of nitrogens with zero attached hydrogens (tertiary/aromatic N) is 1. The van der Waals surface area contributed by atoms with E-state index in [2.05, 4.69) is 0 Å². The monoisotopic (exact) mass is 595 g/mol. The number of alkyl halides is 3. The quantitative estimate of drug-likeness (QED) is 0.478. The van der Waals surface area contributed by atoms with Gasteiger partial charge in [-0.2, -0.15) is 5.06 Å². The smallest absolute Gasteiger partial charge is 0.223 e. The highest BCUT2D eigenvalue weighted by molar-refractivity contribution is 8.13. The summed E-state index contributed by atoms with van der Waals surface area (Å²) in [5, 5.41) is 13.6. The van der Waals surface area contributed by atoms with Gasteiger partial charge in [0.15, 0.2) is 17.1 Å².